The Balaban J connectivity index is 2.98. The topological polar surface area (TPSA) is 29.4 Å². The molecular formula is C12H16FNOS2. The molecule has 0 aliphatic carbocycles. The molecule has 5 heteroatoms. The summed E-state index contributed by atoms with van der Waals surface area (Å²) in [6, 6.07) is 4.50. The van der Waals surface area contributed by atoms with Crippen LogP contribution in [0.5, 0.6) is 0 Å². The number of rotatable bonds is 3. The minimum atomic E-state index is -1.32. The second-order valence-electron chi connectivity index (χ2n) is 4.48. The van der Waals surface area contributed by atoms with E-state index in [0.717, 1.165) is 4.90 Å². The molecule has 0 amide bonds. The Hall–Kier alpha value is -0.680. The van der Waals surface area contributed by atoms with E-state index in [1.807, 2.05) is 27.0 Å². The highest BCUT2D eigenvalue weighted by Crippen LogP contribution is 2.20. The smallest absolute Gasteiger partial charge is 0.144 e. The summed E-state index contributed by atoms with van der Waals surface area (Å²) in [5.41, 5.74) is 0.662. The second kappa shape index (κ2) is 5.78. The lowest BCUT2D eigenvalue weighted by atomic mass is 10.2. The third kappa shape index (κ3) is 4.24. The van der Waals surface area contributed by atoms with Crippen LogP contribution in [-0.4, -0.2) is 21.4 Å². The lowest BCUT2D eigenvalue weighted by Crippen LogP contribution is -2.19. The molecule has 1 rings (SSSR count). The molecule has 0 aliphatic heterocycles. The lowest BCUT2D eigenvalue weighted by molar-refractivity contribution is 0.626. The van der Waals surface area contributed by atoms with E-state index in [-0.39, 0.29) is 5.82 Å². The Bertz CT molecular complexity index is 452. The van der Waals surface area contributed by atoms with Crippen LogP contribution in [0.2, 0.25) is 0 Å². The van der Waals surface area contributed by atoms with Gasteiger partial charge < -0.3 is 0 Å². The highest BCUT2D eigenvalue weighted by atomic mass is 32.2. The average molecular weight is 273 g/mol. The summed E-state index contributed by atoms with van der Waals surface area (Å²) in [7, 11) is -1.32. The predicted molar refractivity (Wildman–Crippen MR) is 73.7 cm³/mol. The van der Waals surface area contributed by atoms with E-state index < -0.39 is 15.7 Å². The minimum absolute atomic E-state index is 0.314. The molecule has 94 valence electrons. The van der Waals surface area contributed by atoms with Crippen LogP contribution >= 0.6 is 11.8 Å². The number of thioether (sulfide) groups is 1. The minimum Gasteiger partial charge on any atom is -0.234 e. The molecule has 0 aromatic heterocycles. The van der Waals surface area contributed by atoms with Crippen molar-refractivity contribution in [2.75, 3.05) is 6.26 Å². The van der Waals surface area contributed by atoms with Gasteiger partial charge in [0.05, 0.1) is 4.75 Å². The fourth-order valence-electron chi connectivity index (χ4n) is 1.07. The fraction of sp³-hybridized carbons (Fsp3) is 0.417. The van der Waals surface area contributed by atoms with Crippen LogP contribution in [0.25, 0.3) is 0 Å². The maximum Gasteiger partial charge on any atom is 0.144 e. The van der Waals surface area contributed by atoms with Crippen molar-refractivity contribution < 1.29 is 8.60 Å². The zero-order chi connectivity index (χ0) is 13.1. The summed E-state index contributed by atoms with van der Waals surface area (Å²) in [6.45, 7) is 5.55. The van der Waals surface area contributed by atoms with E-state index in [2.05, 4.69) is 4.40 Å². The van der Waals surface area contributed by atoms with E-state index in [1.165, 1.54) is 30.1 Å². The molecule has 0 bridgehead atoms. The molecular weight excluding hydrogens is 257 g/mol. The first kappa shape index (κ1) is 14.4. The summed E-state index contributed by atoms with van der Waals surface area (Å²) >= 11 is 1.51. The Kier molecular flexibility index (Phi) is 4.89. The molecule has 0 spiro atoms. The van der Waals surface area contributed by atoms with Gasteiger partial charge in [0.15, 0.2) is 0 Å². The first-order valence-corrected chi connectivity index (χ1v) is 7.47. The Labute approximate surface area is 108 Å². The van der Waals surface area contributed by atoms with Crippen molar-refractivity contribution in [3.05, 3.63) is 29.6 Å². The maximum atomic E-state index is 13.1. The van der Waals surface area contributed by atoms with Crippen molar-refractivity contribution in [1.82, 2.24) is 0 Å². The highest BCUT2D eigenvalue weighted by Gasteiger charge is 2.18. The number of nitrogens with zero attached hydrogens (tertiary/aromatic N) is 1. The third-order valence-corrected chi connectivity index (χ3v) is 4.16. The van der Waals surface area contributed by atoms with Gasteiger partial charge in [-0.1, -0.05) is 0 Å². The Morgan fingerprint density at radius 3 is 2.59 bits per heavy atom. The normalized spacial score (nSPS) is 14.2. The zero-order valence-corrected chi connectivity index (χ0v) is 12.0. The van der Waals surface area contributed by atoms with Gasteiger partial charge in [0.1, 0.15) is 16.8 Å². The van der Waals surface area contributed by atoms with E-state index in [1.54, 1.807) is 6.07 Å². The van der Waals surface area contributed by atoms with Gasteiger partial charge in [-0.15, -0.1) is 11.8 Å². The molecule has 0 unspecified atom stereocenters. The van der Waals surface area contributed by atoms with E-state index >= 15 is 0 Å². The molecule has 0 N–H and O–H groups in total. The van der Waals surface area contributed by atoms with Crippen LogP contribution in [0.3, 0.4) is 0 Å². The first-order chi connectivity index (χ1) is 7.84. The van der Waals surface area contributed by atoms with Crippen molar-refractivity contribution in [2.24, 2.45) is 4.40 Å². The summed E-state index contributed by atoms with van der Waals surface area (Å²) in [6.07, 6.45) is 3.39. The molecule has 0 aliphatic rings. The molecule has 2 nitrogen and oxygen atoms in total. The maximum absolute atomic E-state index is 13.1. The number of halogens is 1. The summed E-state index contributed by atoms with van der Waals surface area (Å²) in [5, 5.41) is 0. The van der Waals surface area contributed by atoms with Crippen LogP contribution < -0.4 is 0 Å². The van der Waals surface area contributed by atoms with Crippen molar-refractivity contribution in [1.29, 1.82) is 0 Å². The van der Waals surface area contributed by atoms with Gasteiger partial charge >= 0.3 is 0 Å². The SMILES string of the molecule is CSc1ccc(F)cc1/C=N\[S@](=O)C(C)(C)C. The number of hydrogen-bond acceptors (Lipinski definition) is 2. The van der Waals surface area contributed by atoms with Crippen LogP contribution in [0.1, 0.15) is 26.3 Å². The van der Waals surface area contributed by atoms with Crippen LogP contribution in [-0.2, 0) is 11.0 Å². The van der Waals surface area contributed by atoms with Crippen molar-refractivity contribution in [3.8, 4) is 0 Å². The van der Waals surface area contributed by atoms with E-state index in [0.29, 0.717) is 5.56 Å². The molecule has 1 aromatic carbocycles. The largest absolute Gasteiger partial charge is 0.234 e. The summed E-state index contributed by atoms with van der Waals surface area (Å²) in [5.74, 6) is -0.314. The van der Waals surface area contributed by atoms with Gasteiger partial charge in [-0.05, 0) is 45.2 Å². The van der Waals surface area contributed by atoms with Gasteiger partial charge in [0.2, 0.25) is 0 Å². The third-order valence-electron chi connectivity index (χ3n) is 2.00. The lowest BCUT2D eigenvalue weighted by Gasteiger charge is -2.12. The fourth-order valence-corrected chi connectivity index (χ4v) is 2.15. The standard InChI is InChI=1S/C12H16FNOS2/c1-12(2,3)17(15)14-8-9-7-10(13)5-6-11(9)16-4/h5-8H,1-4H3/b14-8-/t17-/m1/s1. The van der Waals surface area contributed by atoms with Gasteiger partial charge in [0, 0.05) is 16.7 Å². The number of benzene rings is 1. The van der Waals surface area contributed by atoms with Gasteiger partial charge in [-0.2, -0.15) is 4.40 Å². The van der Waals surface area contributed by atoms with E-state index in [9.17, 15) is 8.60 Å². The van der Waals surface area contributed by atoms with Crippen molar-refractivity contribution in [2.45, 2.75) is 30.4 Å². The molecule has 0 heterocycles. The molecule has 0 saturated heterocycles. The van der Waals surface area contributed by atoms with Crippen LogP contribution in [0.4, 0.5) is 4.39 Å². The van der Waals surface area contributed by atoms with Gasteiger partial charge in [0.25, 0.3) is 0 Å². The quantitative estimate of drug-likeness (QED) is 0.624. The zero-order valence-electron chi connectivity index (χ0n) is 10.4. The Morgan fingerprint density at radius 1 is 1.41 bits per heavy atom. The predicted octanol–water partition coefficient (Wildman–Crippen LogP) is 3.43. The highest BCUT2D eigenvalue weighted by molar-refractivity contribution is 7.98. The molecule has 1 aromatic rings. The molecule has 0 fully saturated rings. The molecule has 17 heavy (non-hydrogen) atoms. The molecule has 1 atom stereocenters. The van der Waals surface area contributed by atoms with Crippen LogP contribution in [0, 0.1) is 5.82 Å². The van der Waals surface area contributed by atoms with Crippen molar-refractivity contribution >= 4 is 29.0 Å². The average Bonchev–Trinajstić information content (AvgIpc) is 2.24. The molecule has 0 radical (unpaired) electrons. The Morgan fingerprint density at radius 2 is 2.06 bits per heavy atom. The first-order valence-electron chi connectivity index (χ1n) is 5.14. The summed E-state index contributed by atoms with van der Waals surface area (Å²) < 4.78 is 28.4. The molecule has 0 saturated carbocycles. The van der Waals surface area contributed by atoms with Crippen molar-refractivity contribution in [3.63, 3.8) is 0 Å². The van der Waals surface area contributed by atoms with Crippen LogP contribution in [0.15, 0.2) is 27.5 Å². The second-order valence-corrected chi connectivity index (χ2v) is 7.26. The summed E-state index contributed by atoms with van der Waals surface area (Å²) in [4.78, 5) is 0.918. The number of hydrogen-bond donors (Lipinski definition) is 0. The monoisotopic (exact) mass is 273 g/mol. The van der Waals surface area contributed by atoms with Gasteiger partial charge in [-0.25, -0.2) is 8.60 Å². The van der Waals surface area contributed by atoms with E-state index in [4.69, 9.17) is 0 Å². The van der Waals surface area contributed by atoms with Gasteiger partial charge in [-0.3, -0.25) is 0 Å².